The Morgan fingerprint density at radius 2 is 1.68 bits per heavy atom. The highest BCUT2D eigenvalue weighted by Gasteiger charge is 2.26. The van der Waals surface area contributed by atoms with Crippen molar-refractivity contribution in [2.75, 3.05) is 19.8 Å². The molecule has 0 bridgehead atoms. The zero-order valence-electron chi connectivity index (χ0n) is 12.8. The zero-order chi connectivity index (χ0) is 13.3. The van der Waals surface area contributed by atoms with Crippen molar-refractivity contribution >= 4 is 0 Å². The lowest BCUT2D eigenvalue weighted by molar-refractivity contribution is 0.0573. The van der Waals surface area contributed by atoms with E-state index in [1.807, 2.05) is 0 Å². The van der Waals surface area contributed by atoms with Crippen molar-refractivity contribution in [2.24, 2.45) is 11.8 Å². The molecule has 2 aliphatic rings. The van der Waals surface area contributed by atoms with Crippen molar-refractivity contribution in [1.29, 1.82) is 0 Å². The molecule has 0 radical (unpaired) electrons. The van der Waals surface area contributed by atoms with Crippen LogP contribution < -0.4 is 5.32 Å². The molecular formula is C17H33NO. The maximum atomic E-state index is 5.51. The first-order valence-corrected chi connectivity index (χ1v) is 8.71. The van der Waals surface area contributed by atoms with Gasteiger partial charge in [-0.2, -0.15) is 0 Å². The number of hydrogen-bond acceptors (Lipinski definition) is 2. The van der Waals surface area contributed by atoms with E-state index in [0.29, 0.717) is 0 Å². The molecule has 1 heterocycles. The second kappa shape index (κ2) is 8.97. The Labute approximate surface area is 119 Å². The smallest absolute Gasteiger partial charge is 0.0468 e. The van der Waals surface area contributed by atoms with Crippen molar-refractivity contribution < 1.29 is 4.74 Å². The summed E-state index contributed by atoms with van der Waals surface area (Å²) in [5.41, 5.74) is 0. The van der Waals surface area contributed by atoms with Crippen LogP contribution in [0.4, 0.5) is 0 Å². The SMILES string of the molecule is CCCNC(CC1CCOCC1)C1CCCCCC1. The van der Waals surface area contributed by atoms with Crippen molar-refractivity contribution in [2.45, 2.75) is 77.2 Å². The van der Waals surface area contributed by atoms with Crippen molar-refractivity contribution in [3.63, 3.8) is 0 Å². The summed E-state index contributed by atoms with van der Waals surface area (Å²) < 4.78 is 5.51. The first-order valence-electron chi connectivity index (χ1n) is 8.71. The Balaban J connectivity index is 1.85. The van der Waals surface area contributed by atoms with Gasteiger partial charge in [0.2, 0.25) is 0 Å². The summed E-state index contributed by atoms with van der Waals surface area (Å²) in [6, 6.07) is 0.779. The van der Waals surface area contributed by atoms with Crippen LogP contribution in [0.5, 0.6) is 0 Å². The van der Waals surface area contributed by atoms with Crippen LogP contribution in [-0.2, 0) is 4.74 Å². The van der Waals surface area contributed by atoms with Gasteiger partial charge in [-0.1, -0.05) is 32.6 Å². The molecule has 2 nitrogen and oxygen atoms in total. The molecule has 112 valence electrons. The largest absolute Gasteiger partial charge is 0.381 e. The highest BCUT2D eigenvalue weighted by atomic mass is 16.5. The maximum absolute atomic E-state index is 5.51. The van der Waals surface area contributed by atoms with E-state index in [9.17, 15) is 0 Å². The average Bonchev–Trinajstić information content (AvgIpc) is 2.73. The molecule has 0 amide bonds. The Bertz CT molecular complexity index is 217. The Morgan fingerprint density at radius 3 is 2.32 bits per heavy atom. The summed E-state index contributed by atoms with van der Waals surface area (Å²) in [7, 11) is 0. The van der Waals surface area contributed by atoms with Crippen LogP contribution in [0.2, 0.25) is 0 Å². The molecule has 1 N–H and O–H groups in total. The lowest BCUT2D eigenvalue weighted by Crippen LogP contribution is -2.39. The molecule has 2 fully saturated rings. The summed E-state index contributed by atoms with van der Waals surface area (Å²) in [6.07, 6.45) is 14.0. The molecule has 1 aliphatic heterocycles. The summed E-state index contributed by atoms with van der Waals surface area (Å²) in [5.74, 6) is 1.85. The molecule has 0 aromatic rings. The van der Waals surface area contributed by atoms with Gasteiger partial charge < -0.3 is 10.1 Å². The van der Waals surface area contributed by atoms with E-state index in [-0.39, 0.29) is 0 Å². The summed E-state index contributed by atoms with van der Waals surface area (Å²) in [6.45, 7) is 5.47. The number of hydrogen-bond donors (Lipinski definition) is 1. The van der Waals surface area contributed by atoms with Crippen molar-refractivity contribution in [3.05, 3.63) is 0 Å². The fourth-order valence-corrected chi connectivity index (χ4v) is 3.83. The molecule has 2 heteroatoms. The zero-order valence-corrected chi connectivity index (χ0v) is 12.8. The molecule has 0 spiro atoms. The molecule has 2 rings (SSSR count). The fraction of sp³-hybridized carbons (Fsp3) is 1.00. The fourth-order valence-electron chi connectivity index (χ4n) is 3.83. The predicted octanol–water partition coefficient (Wildman–Crippen LogP) is 4.14. The molecule has 1 saturated heterocycles. The van der Waals surface area contributed by atoms with Crippen LogP contribution in [-0.4, -0.2) is 25.8 Å². The minimum atomic E-state index is 0.779. The lowest BCUT2D eigenvalue weighted by atomic mass is 9.83. The molecule has 1 saturated carbocycles. The lowest BCUT2D eigenvalue weighted by Gasteiger charge is -2.32. The first kappa shape index (κ1) is 15.3. The quantitative estimate of drug-likeness (QED) is 0.730. The average molecular weight is 267 g/mol. The van der Waals surface area contributed by atoms with Gasteiger partial charge in [0.25, 0.3) is 0 Å². The van der Waals surface area contributed by atoms with E-state index >= 15 is 0 Å². The highest BCUT2D eigenvalue weighted by Crippen LogP contribution is 2.30. The van der Waals surface area contributed by atoms with Crippen LogP contribution in [0.3, 0.4) is 0 Å². The van der Waals surface area contributed by atoms with Gasteiger partial charge in [-0.25, -0.2) is 0 Å². The van der Waals surface area contributed by atoms with Crippen molar-refractivity contribution in [1.82, 2.24) is 5.32 Å². The van der Waals surface area contributed by atoms with Crippen LogP contribution in [0.25, 0.3) is 0 Å². The molecule has 1 aliphatic carbocycles. The summed E-state index contributed by atoms with van der Waals surface area (Å²) in [4.78, 5) is 0. The number of nitrogens with one attached hydrogen (secondary N) is 1. The van der Waals surface area contributed by atoms with Gasteiger partial charge in [-0.15, -0.1) is 0 Å². The van der Waals surface area contributed by atoms with Gasteiger partial charge >= 0.3 is 0 Å². The van der Waals surface area contributed by atoms with Crippen LogP contribution >= 0.6 is 0 Å². The molecule has 1 unspecified atom stereocenters. The van der Waals surface area contributed by atoms with Crippen LogP contribution in [0.1, 0.15) is 71.1 Å². The van der Waals surface area contributed by atoms with Gasteiger partial charge in [0, 0.05) is 19.3 Å². The molecule has 19 heavy (non-hydrogen) atoms. The topological polar surface area (TPSA) is 21.3 Å². The normalized spacial score (nSPS) is 25.1. The van der Waals surface area contributed by atoms with Gasteiger partial charge in [0.05, 0.1) is 0 Å². The van der Waals surface area contributed by atoms with Gasteiger partial charge in [-0.05, 0) is 56.9 Å². The minimum absolute atomic E-state index is 0.779. The summed E-state index contributed by atoms with van der Waals surface area (Å²) >= 11 is 0. The first-order chi connectivity index (χ1) is 9.40. The van der Waals surface area contributed by atoms with Crippen molar-refractivity contribution in [3.8, 4) is 0 Å². The van der Waals surface area contributed by atoms with E-state index in [1.165, 1.54) is 70.8 Å². The Kier molecular flexibility index (Phi) is 7.23. The number of ether oxygens (including phenoxy) is 1. The van der Waals surface area contributed by atoms with Crippen LogP contribution in [0.15, 0.2) is 0 Å². The maximum Gasteiger partial charge on any atom is 0.0468 e. The van der Waals surface area contributed by atoms with E-state index in [2.05, 4.69) is 12.2 Å². The van der Waals surface area contributed by atoms with Gasteiger partial charge in [0.15, 0.2) is 0 Å². The molecule has 0 aromatic heterocycles. The summed E-state index contributed by atoms with van der Waals surface area (Å²) in [5, 5.41) is 3.87. The molecule has 0 aromatic carbocycles. The Morgan fingerprint density at radius 1 is 1.00 bits per heavy atom. The third-order valence-electron chi connectivity index (χ3n) is 5.05. The third-order valence-corrected chi connectivity index (χ3v) is 5.05. The highest BCUT2D eigenvalue weighted by molar-refractivity contribution is 4.81. The van der Waals surface area contributed by atoms with Crippen LogP contribution in [0, 0.1) is 11.8 Å². The van der Waals surface area contributed by atoms with E-state index in [1.54, 1.807) is 0 Å². The van der Waals surface area contributed by atoms with E-state index < -0.39 is 0 Å². The second-order valence-electron chi connectivity index (χ2n) is 6.60. The molecular weight excluding hydrogens is 234 g/mol. The number of rotatable bonds is 6. The minimum Gasteiger partial charge on any atom is -0.381 e. The van der Waals surface area contributed by atoms with Gasteiger partial charge in [-0.3, -0.25) is 0 Å². The standard InChI is InChI=1S/C17H33NO/c1-2-11-18-17(14-15-9-12-19-13-10-15)16-7-5-3-4-6-8-16/h15-18H,2-14H2,1H3. The predicted molar refractivity (Wildman–Crippen MR) is 81.4 cm³/mol. The van der Waals surface area contributed by atoms with Gasteiger partial charge in [0.1, 0.15) is 0 Å². The molecule has 1 atom stereocenters. The Hall–Kier alpha value is -0.0800. The monoisotopic (exact) mass is 267 g/mol. The third kappa shape index (κ3) is 5.43. The van der Waals surface area contributed by atoms with E-state index in [4.69, 9.17) is 4.74 Å². The van der Waals surface area contributed by atoms with E-state index in [0.717, 1.165) is 31.1 Å². The second-order valence-corrected chi connectivity index (χ2v) is 6.60.